The Morgan fingerprint density at radius 2 is 1.46 bits per heavy atom. The van der Waals surface area contributed by atoms with Crippen molar-refractivity contribution in [3.8, 4) is 11.5 Å². The molecule has 2 aromatic heterocycles. The Balaban J connectivity index is 2.00. The normalized spacial score (nSPS) is 11.2. The molecule has 0 atom stereocenters. The molecular formula is C19H12O7. The van der Waals surface area contributed by atoms with Gasteiger partial charge in [-0.3, -0.25) is 9.59 Å². The highest BCUT2D eigenvalue weighted by atomic mass is 16.5. The van der Waals surface area contributed by atoms with Crippen LogP contribution in [0, 0.1) is 0 Å². The average molecular weight is 352 g/mol. The van der Waals surface area contributed by atoms with Crippen LogP contribution in [0.15, 0.2) is 50.0 Å². The van der Waals surface area contributed by atoms with Gasteiger partial charge in [-0.05, 0) is 30.3 Å². The summed E-state index contributed by atoms with van der Waals surface area (Å²) in [6.45, 7) is 2.57. The Labute approximate surface area is 145 Å². The topological polar surface area (TPSA) is 96.0 Å². The van der Waals surface area contributed by atoms with Gasteiger partial charge in [0.05, 0.1) is 5.39 Å². The van der Waals surface area contributed by atoms with Gasteiger partial charge in [0.15, 0.2) is 5.58 Å². The highest BCUT2D eigenvalue weighted by Gasteiger charge is 2.17. The van der Waals surface area contributed by atoms with E-state index in [1.54, 1.807) is 30.3 Å². The van der Waals surface area contributed by atoms with Crippen LogP contribution in [-0.4, -0.2) is 11.9 Å². The lowest BCUT2D eigenvalue weighted by Gasteiger charge is -2.02. The molecule has 0 amide bonds. The highest BCUT2D eigenvalue weighted by molar-refractivity contribution is 6.13. The molecular weight excluding hydrogens is 340 g/mol. The standard InChI is InChI=1S/C19H12O7/c1-9(20)23-11-4-6-15-14(7-11)17-18(25-15)13-5-3-12(24-10(2)21)8-16(13)26-19(17)22/h3-8H,1-2H3. The van der Waals surface area contributed by atoms with Crippen LogP contribution in [0.3, 0.4) is 0 Å². The van der Waals surface area contributed by atoms with Crippen molar-refractivity contribution >= 4 is 44.8 Å². The summed E-state index contributed by atoms with van der Waals surface area (Å²) < 4.78 is 21.3. The Morgan fingerprint density at radius 1 is 0.808 bits per heavy atom. The number of carbonyl (C=O) groups is 2. The van der Waals surface area contributed by atoms with E-state index in [9.17, 15) is 14.4 Å². The van der Waals surface area contributed by atoms with E-state index >= 15 is 0 Å². The van der Waals surface area contributed by atoms with Crippen LogP contribution in [0.2, 0.25) is 0 Å². The third kappa shape index (κ3) is 2.59. The quantitative estimate of drug-likeness (QED) is 0.309. The molecule has 7 heteroatoms. The fourth-order valence-corrected chi connectivity index (χ4v) is 2.85. The van der Waals surface area contributed by atoms with Gasteiger partial charge in [-0.1, -0.05) is 0 Å². The van der Waals surface area contributed by atoms with E-state index in [4.69, 9.17) is 18.3 Å². The second-order valence-corrected chi connectivity index (χ2v) is 5.70. The first-order valence-electron chi connectivity index (χ1n) is 7.72. The summed E-state index contributed by atoms with van der Waals surface area (Å²) in [7, 11) is 0. The van der Waals surface area contributed by atoms with Crippen molar-refractivity contribution in [3.63, 3.8) is 0 Å². The third-order valence-corrected chi connectivity index (χ3v) is 3.79. The number of hydrogen-bond donors (Lipinski definition) is 0. The second kappa shape index (κ2) is 5.73. The maximum Gasteiger partial charge on any atom is 0.348 e. The lowest BCUT2D eigenvalue weighted by molar-refractivity contribution is -0.132. The maximum absolute atomic E-state index is 12.5. The SMILES string of the molecule is CC(=O)Oc1ccc2c(c1)oc(=O)c1c3cc(OC(C)=O)ccc3oc21. The largest absolute Gasteiger partial charge is 0.455 e. The van der Waals surface area contributed by atoms with Gasteiger partial charge < -0.3 is 18.3 Å². The van der Waals surface area contributed by atoms with Gasteiger partial charge in [-0.25, -0.2) is 4.79 Å². The van der Waals surface area contributed by atoms with Crippen LogP contribution >= 0.6 is 0 Å². The van der Waals surface area contributed by atoms with Gasteiger partial charge in [-0.15, -0.1) is 0 Å². The summed E-state index contributed by atoms with van der Waals surface area (Å²) in [6.07, 6.45) is 0. The van der Waals surface area contributed by atoms with Crippen molar-refractivity contribution in [1.29, 1.82) is 0 Å². The van der Waals surface area contributed by atoms with Crippen LogP contribution in [0.25, 0.3) is 32.9 Å². The Morgan fingerprint density at radius 3 is 2.15 bits per heavy atom. The molecule has 2 aromatic carbocycles. The summed E-state index contributed by atoms with van der Waals surface area (Å²) in [4.78, 5) is 34.7. The molecule has 0 saturated heterocycles. The molecule has 0 N–H and O–H groups in total. The molecule has 0 aliphatic carbocycles. The summed E-state index contributed by atoms with van der Waals surface area (Å²) in [5, 5.41) is 1.29. The first-order chi connectivity index (χ1) is 12.4. The van der Waals surface area contributed by atoms with Crippen molar-refractivity contribution in [2.24, 2.45) is 0 Å². The van der Waals surface area contributed by atoms with Crippen molar-refractivity contribution in [2.45, 2.75) is 13.8 Å². The highest BCUT2D eigenvalue weighted by Crippen LogP contribution is 2.34. The zero-order chi connectivity index (χ0) is 18.4. The predicted molar refractivity (Wildman–Crippen MR) is 92.4 cm³/mol. The first kappa shape index (κ1) is 15.9. The fourth-order valence-electron chi connectivity index (χ4n) is 2.85. The number of benzene rings is 2. The predicted octanol–water partition coefficient (Wildman–Crippen LogP) is 3.54. The van der Waals surface area contributed by atoms with Crippen molar-refractivity contribution in [1.82, 2.24) is 0 Å². The smallest absolute Gasteiger partial charge is 0.348 e. The van der Waals surface area contributed by atoms with Gasteiger partial charge in [0, 0.05) is 25.3 Å². The molecule has 0 radical (unpaired) electrons. The number of fused-ring (bicyclic) bond motifs is 5. The van der Waals surface area contributed by atoms with E-state index in [2.05, 4.69) is 0 Å². The van der Waals surface area contributed by atoms with E-state index in [1.165, 1.54) is 19.9 Å². The second-order valence-electron chi connectivity index (χ2n) is 5.70. The first-order valence-corrected chi connectivity index (χ1v) is 7.72. The number of hydrogen-bond acceptors (Lipinski definition) is 7. The molecule has 0 aliphatic rings. The van der Waals surface area contributed by atoms with E-state index in [1.807, 2.05) is 0 Å². The molecule has 0 fully saturated rings. The lowest BCUT2D eigenvalue weighted by Crippen LogP contribution is -2.02. The van der Waals surface area contributed by atoms with E-state index < -0.39 is 17.6 Å². The van der Waals surface area contributed by atoms with Crippen LogP contribution in [0.5, 0.6) is 11.5 Å². The fraction of sp³-hybridized carbons (Fsp3) is 0.105. The molecule has 0 aliphatic heterocycles. The van der Waals surface area contributed by atoms with E-state index in [0.29, 0.717) is 27.7 Å². The molecule has 130 valence electrons. The molecule has 26 heavy (non-hydrogen) atoms. The number of furan rings is 1. The lowest BCUT2D eigenvalue weighted by atomic mass is 10.1. The molecule has 0 spiro atoms. The number of rotatable bonds is 2. The Kier molecular flexibility index (Phi) is 3.50. The summed E-state index contributed by atoms with van der Waals surface area (Å²) in [5.74, 6) is -0.375. The van der Waals surface area contributed by atoms with Crippen molar-refractivity contribution < 1.29 is 27.9 Å². The third-order valence-electron chi connectivity index (χ3n) is 3.79. The average Bonchev–Trinajstić information content (AvgIpc) is 2.93. The molecule has 4 aromatic rings. The zero-order valence-electron chi connectivity index (χ0n) is 13.8. The molecule has 4 rings (SSSR count). The number of esters is 2. The molecule has 7 nitrogen and oxygen atoms in total. The van der Waals surface area contributed by atoms with Crippen LogP contribution < -0.4 is 15.1 Å². The van der Waals surface area contributed by atoms with Gasteiger partial charge in [0.2, 0.25) is 0 Å². The molecule has 2 heterocycles. The van der Waals surface area contributed by atoms with Crippen LogP contribution in [0.1, 0.15) is 13.8 Å². The van der Waals surface area contributed by atoms with E-state index in [0.717, 1.165) is 0 Å². The molecule has 0 unspecified atom stereocenters. The van der Waals surface area contributed by atoms with Gasteiger partial charge in [0.25, 0.3) is 0 Å². The zero-order valence-corrected chi connectivity index (χ0v) is 13.8. The van der Waals surface area contributed by atoms with Gasteiger partial charge in [-0.2, -0.15) is 0 Å². The minimum Gasteiger partial charge on any atom is -0.455 e. The minimum atomic E-state index is -0.605. The van der Waals surface area contributed by atoms with Gasteiger partial charge in [0.1, 0.15) is 28.1 Å². The number of ether oxygens (including phenoxy) is 2. The summed E-state index contributed by atoms with van der Waals surface area (Å²) >= 11 is 0. The van der Waals surface area contributed by atoms with Crippen molar-refractivity contribution in [3.05, 3.63) is 46.8 Å². The van der Waals surface area contributed by atoms with Crippen LogP contribution in [-0.2, 0) is 9.59 Å². The van der Waals surface area contributed by atoms with Crippen LogP contribution in [0.4, 0.5) is 0 Å². The minimum absolute atomic E-state index is 0.237. The molecule has 0 saturated carbocycles. The summed E-state index contributed by atoms with van der Waals surface area (Å²) in [6, 6.07) is 9.43. The van der Waals surface area contributed by atoms with Gasteiger partial charge >= 0.3 is 17.6 Å². The molecule has 0 bridgehead atoms. The maximum atomic E-state index is 12.5. The monoisotopic (exact) mass is 352 g/mol. The van der Waals surface area contributed by atoms with E-state index in [-0.39, 0.29) is 16.7 Å². The Bertz CT molecular complexity index is 1260. The number of carbonyl (C=O) groups excluding carboxylic acids is 2. The Hall–Kier alpha value is -3.61. The summed E-state index contributed by atoms with van der Waals surface area (Å²) in [5.41, 5.74) is 0.437. The van der Waals surface area contributed by atoms with Crippen molar-refractivity contribution in [2.75, 3.05) is 0 Å².